The first-order valence-corrected chi connectivity index (χ1v) is 9.79. The maximum atomic E-state index is 12.1. The second-order valence-corrected chi connectivity index (χ2v) is 8.02. The summed E-state index contributed by atoms with van der Waals surface area (Å²) in [5, 5.41) is 2.80. The van der Waals surface area contributed by atoms with Crippen molar-refractivity contribution in [1.82, 2.24) is 15.3 Å². The van der Waals surface area contributed by atoms with Gasteiger partial charge in [-0.2, -0.15) is 0 Å². The molecule has 2 rings (SSSR count). The summed E-state index contributed by atoms with van der Waals surface area (Å²) in [4.78, 5) is 22.8. The van der Waals surface area contributed by atoms with Crippen molar-refractivity contribution in [1.29, 1.82) is 0 Å². The van der Waals surface area contributed by atoms with Crippen molar-refractivity contribution in [2.75, 3.05) is 29.5 Å². The van der Waals surface area contributed by atoms with Gasteiger partial charge >= 0.3 is 0 Å². The lowest BCUT2D eigenvalue weighted by Gasteiger charge is -2.27. The van der Waals surface area contributed by atoms with Gasteiger partial charge in [-0.25, -0.2) is 18.4 Å². The van der Waals surface area contributed by atoms with Crippen molar-refractivity contribution in [3.63, 3.8) is 0 Å². The van der Waals surface area contributed by atoms with E-state index in [1.54, 1.807) is 13.0 Å². The third kappa shape index (κ3) is 4.40. The predicted octanol–water partition coefficient (Wildman–Crippen LogP) is 0.938. The number of anilines is 1. The SMILES string of the molecule is CCCNC(=O)c1cc(C)nc(N(CC)C2CCS(=O)(=O)C2)n1. The minimum Gasteiger partial charge on any atom is -0.351 e. The van der Waals surface area contributed by atoms with E-state index in [0.29, 0.717) is 36.8 Å². The van der Waals surface area contributed by atoms with Gasteiger partial charge in [0.2, 0.25) is 5.95 Å². The van der Waals surface area contributed by atoms with Gasteiger partial charge in [-0.3, -0.25) is 4.79 Å². The number of nitrogens with one attached hydrogen (secondary N) is 1. The summed E-state index contributed by atoms with van der Waals surface area (Å²) in [5.74, 6) is 0.518. The van der Waals surface area contributed by atoms with Gasteiger partial charge in [0.1, 0.15) is 5.69 Å². The number of amides is 1. The van der Waals surface area contributed by atoms with E-state index in [4.69, 9.17) is 0 Å². The van der Waals surface area contributed by atoms with Crippen molar-refractivity contribution in [3.05, 3.63) is 17.5 Å². The Balaban J connectivity index is 2.26. The average molecular weight is 340 g/mol. The van der Waals surface area contributed by atoms with Crippen LogP contribution in [0.5, 0.6) is 0 Å². The van der Waals surface area contributed by atoms with Crippen LogP contribution in [0.15, 0.2) is 6.07 Å². The van der Waals surface area contributed by atoms with Crippen LogP contribution in [0.3, 0.4) is 0 Å². The molecule has 0 saturated carbocycles. The summed E-state index contributed by atoms with van der Waals surface area (Å²) in [5.41, 5.74) is 1.01. The van der Waals surface area contributed by atoms with Crippen molar-refractivity contribution in [2.24, 2.45) is 0 Å². The van der Waals surface area contributed by atoms with Crippen molar-refractivity contribution >= 4 is 21.7 Å². The maximum absolute atomic E-state index is 12.1. The molecule has 23 heavy (non-hydrogen) atoms. The lowest BCUT2D eigenvalue weighted by molar-refractivity contribution is 0.0948. The Hall–Kier alpha value is -1.70. The lowest BCUT2D eigenvalue weighted by atomic mass is 10.2. The minimum atomic E-state index is -2.98. The number of aryl methyl sites for hydroxylation is 1. The fourth-order valence-corrected chi connectivity index (χ4v) is 4.44. The van der Waals surface area contributed by atoms with Crippen LogP contribution in [-0.2, 0) is 9.84 Å². The van der Waals surface area contributed by atoms with E-state index >= 15 is 0 Å². The molecule has 0 aromatic carbocycles. The molecule has 0 spiro atoms. The standard InChI is InChI=1S/C15H24N4O3S/c1-4-7-16-14(20)13-9-11(3)17-15(18-13)19(5-2)12-6-8-23(21,22)10-12/h9,12H,4-8,10H2,1-3H3,(H,16,20). The van der Waals surface area contributed by atoms with E-state index in [0.717, 1.165) is 6.42 Å². The first kappa shape index (κ1) is 17.7. The molecule has 0 radical (unpaired) electrons. The smallest absolute Gasteiger partial charge is 0.270 e. The summed E-state index contributed by atoms with van der Waals surface area (Å²) in [6.45, 7) is 6.92. The third-order valence-electron chi connectivity index (χ3n) is 3.86. The first-order valence-electron chi connectivity index (χ1n) is 7.97. The molecule has 1 atom stereocenters. The molecule has 128 valence electrons. The lowest BCUT2D eigenvalue weighted by Crippen LogP contribution is -2.38. The van der Waals surface area contributed by atoms with Crippen LogP contribution >= 0.6 is 0 Å². The zero-order chi connectivity index (χ0) is 17.0. The van der Waals surface area contributed by atoms with Crippen LogP contribution < -0.4 is 10.2 Å². The van der Waals surface area contributed by atoms with Crippen LogP contribution in [0, 0.1) is 6.92 Å². The van der Waals surface area contributed by atoms with Gasteiger partial charge in [0.05, 0.1) is 11.5 Å². The molecule has 1 aromatic rings. The summed E-state index contributed by atoms with van der Waals surface area (Å²) in [7, 11) is -2.98. The van der Waals surface area contributed by atoms with Gasteiger partial charge < -0.3 is 10.2 Å². The Labute approximate surface area is 137 Å². The number of carbonyl (C=O) groups excluding carboxylic acids is 1. The number of sulfone groups is 1. The molecule has 8 heteroatoms. The van der Waals surface area contributed by atoms with E-state index < -0.39 is 9.84 Å². The highest BCUT2D eigenvalue weighted by Crippen LogP contribution is 2.22. The molecule has 0 aliphatic carbocycles. The number of aromatic nitrogens is 2. The van der Waals surface area contributed by atoms with Crippen LogP contribution in [0.4, 0.5) is 5.95 Å². The zero-order valence-corrected chi connectivity index (χ0v) is 14.7. The largest absolute Gasteiger partial charge is 0.351 e. The Kier molecular flexibility index (Phi) is 5.56. The highest BCUT2D eigenvalue weighted by molar-refractivity contribution is 7.91. The molecule has 1 N–H and O–H groups in total. The number of hydrogen-bond donors (Lipinski definition) is 1. The molecule has 1 aliphatic rings. The van der Waals surface area contributed by atoms with Gasteiger partial charge in [0.15, 0.2) is 9.84 Å². The van der Waals surface area contributed by atoms with Crippen LogP contribution in [-0.4, -0.2) is 54.9 Å². The highest BCUT2D eigenvalue weighted by atomic mass is 32.2. The van der Waals surface area contributed by atoms with E-state index in [1.807, 2.05) is 18.7 Å². The van der Waals surface area contributed by atoms with Gasteiger partial charge in [-0.15, -0.1) is 0 Å². The number of rotatable bonds is 6. The summed E-state index contributed by atoms with van der Waals surface area (Å²) < 4.78 is 23.4. The Morgan fingerprint density at radius 3 is 2.70 bits per heavy atom. The number of nitrogens with zero attached hydrogens (tertiary/aromatic N) is 3. The van der Waals surface area contributed by atoms with Gasteiger partial charge in [-0.1, -0.05) is 6.92 Å². The summed E-state index contributed by atoms with van der Waals surface area (Å²) in [6.07, 6.45) is 1.43. The molecule has 1 fully saturated rings. The molecule has 1 amide bonds. The van der Waals surface area contributed by atoms with E-state index in [9.17, 15) is 13.2 Å². The Bertz CT molecular complexity index is 675. The normalized spacial score (nSPS) is 19.5. The van der Waals surface area contributed by atoms with Crippen LogP contribution in [0.25, 0.3) is 0 Å². The van der Waals surface area contributed by atoms with Crippen molar-refractivity contribution in [2.45, 2.75) is 39.7 Å². The van der Waals surface area contributed by atoms with Gasteiger partial charge in [-0.05, 0) is 32.8 Å². The van der Waals surface area contributed by atoms with Crippen LogP contribution in [0.2, 0.25) is 0 Å². The molecule has 1 aromatic heterocycles. The molecule has 0 bridgehead atoms. The van der Waals surface area contributed by atoms with Crippen molar-refractivity contribution in [3.8, 4) is 0 Å². The molecule has 1 aliphatic heterocycles. The Morgan fingerprint density at radius 1 is 1.39 bits per heavy atom. The Morgan fingerprint density at radius 2 is 2.13 bits per heavy atom. The van der Waals surface area contributed by atoms with E-state index in [1.165, 1.54) is 0 Å². The fourth-order valence-electron chi connectivity index (χ4n) is 2.71. The fraction of sp³-hybridized carbons (Fsp3) is 0.667. The number of hydrogen-bond acceptors (Lipinski definition) is 6. The van der Waals surface area contributed by atoms with E-state index in [2.05, 4.69) is 15.3 Å². The van der Waals surface area contributed by atoms with E-state index in [-0.39, 0.29) is 23.5 Å². The van der Waals surface area contributed by atoms with Gasteiger partial charge in [0.25, 0.3) is 5.91 Å². The molecular formula is C15H24N4O3S. The zero-order valence-electron chi connectivity index (χ0n) is 13.9. The quantitative estimate of drug-likeness (QED) is 0.828. The molecular weight excluding hydrogens is 316 g/mol. The summed E-state index contributed by atoms with van der Waals surface area (Å²) in [6, 6.07) is 1.52. The van der Waals surface area contributed by atoms with Crippen LogP contribution in [0.1, 0.15) is 42.9 Å². The maximum Gasteiger partial charge on any atom is 0.270 e. The van der Waals surface area contributed by atoms with Crippen molar-refractivity contribution < 1.29 is 13.2 Å². The second kappa shape index (κ2) is 7.25. The monoisotopic (exact) mass is 340 g/mol. The highest BCUT2D eigenvalue weighted by Gasteiger charge is 2.33. The second-order valence-electron chi connectivity index (χ2n) is 5.79. The number of carbonyl (C=O) groups is 1. The molecule has 2 heterocycles. The molecule has 7 nitrogen and oxygen atoms in total. The third-order valence-corrected chi connectivity index (χ3v) is 5.61. The first-order chi connectivity index (χ1) is 10.9. The van der Waals surface area contributed by atoms with Gasteiger partial charge in [0, 0.05) is 24.8 Å². The molecule has 1 saturated heterocycles. The minimum absolute atomic E-state index is 0.121. The topological polar surface area (TPSA) is 92.3 Å². The average Bonchev–Trinajstić information content (AvgIpc) is 2.85. The summed E-state index contributed by atoms with van der Waals surface area (Å²) >= 11 is 0. The molecule has 1 unspecified atom stereocenters. The predicted molar refractivity (Wildman–Crippen MR) is 89.5 cm³/mol.